The summed E-state index contributed by atoms with van der Waals surface area (Å²) in [6.07, 6.45) is 2.71. The van der Waals surface area contributed by atoms with Crippen LogP contribution in [0, 0.1) is 10.1 Å². The van der Waals surface area contributed by atoms with Gasteiger partial charge in [-0.2, -0.15) is 5.10 Å². The molecule has 11 heteroatoms. The zero-order valence-electron chi connectivity index (χ0n) is 13.7. The number of aromatic nitrogens is 1. The number of nitrogens with one attached hydrogen (secondary N) is 1. The number of carbonyl (C=O) groups excluding carboxylic acids is 1. The van der Waals surface area contributed by atoms with E-state index in [0.29, 0.717) is 5.56 Å². The predicted molar refractivity (Wildman–Crippen MR) is 105 cm³/mol. The van der Waals surface area contributed by atoms with Gasteiger partial charge in [0.15, 0.2) is 0 Å². The standard InChI is InChI=1S/C17H9Cl3N4O4/c18-12-7-13(19)14(24(26)27)6-11(12)15-4-3-9(28-15)8-22-23-17(25)10-2-1-5-21-16(10)20/h1-8H,(H,23,25). The van der Waals surface area contributed by atoms with Crippen molar-refractivity contribution in [1.29, 1.82) is 0 Å². The average Bonchev–Trinajstić information content (AvgIpc) is 3.10. The minimum Gasteiger partial charge on any atom is -0.455 e. The van der Waals surface area contributed by atoms with E-state index in [2.05, 4.69) is 15.5 Å². The van der Waals surface area contributed by atoms with Crippen molar-refractivity contribution in [2.75, 3.05) is 0 Å². The maximum atomic E-state index is 12.0. The summed E-state index contributed by atoms with van der Waals surface area (Å²) in [5.41, 5.74) is 2.46. The van der Waals surface area contributed by atoms with Gasteiger partial charge in [-0.3, -0.25) is 14.9 Å². The molecule has 0 aliphatic carbocycles. The summed E-state index contributed by atoms with van der Waals surface area (Å²) >= 11 is 17.8. The molecular weight excluding hydrogens is 431 g/mol. The topological polar surface area (TPSA) is 111 Å². The van der Waals surface area contributed by atoms with E-state index in [1.165, 1.54) is 30.6 Å². The van der Waals surface area contributed by atoms with Crippen molar-refractivity contribution in [2.24, 2.45) is 5.10 Å². The van der Waals surface area contributed by atoms with Gasteiger partial charge in [-0.05, 0) is 30.3 Å². The Morgan fingerprint density at radius 1 is 1.21 bits per heavy atom. The summed E-state index contributed by atoms with van der Waals surface area (Å²) in [7, 11) is 0. The fourth-order valence-electron chi connectivity index (χ4n) is 2.20. The first kappa shape index (κ1) is 19.8. The summed E-state index contributed by atoms with van der Waals surface area (Å²) in [5, 5.41) is 15.0. The highest BCUT2D eigenvalue weighted by atomic mass is 35.5. The van der Waals surface area contributed by atoms with E-state index < -0.39 is 10.8 Å². The van der Waals surface area contributed by atoms with Crippen molar-refractivity contribution >= 4 is 52.6 Å². The summed E-state index contributed by atoms with van der Waals surface area (Å²) in [4.78, 5) is 26.2. The lowest BCUT2D eigenvalue weighted by Crippen LogP contribution is -2.18. The van der Waals surface area contributed by atoms with Gasteiger partial charge in [0.2, 0.25) is 0 Å². The number of benzene rings is 1. The summed E-state index contributed by atoms with van der Waals surface area (Å²) in [6.45, 7) is 0. The van der Waals surface area contributed by atoms with Gasteiger partial charge in [0.05, 0.1) is 21.7 Å². The van der Waals surface area contributed by atoms with E-state index in [1.807, 2.05) is 0 Å². The Balaban J connectivity index is 1.77. The Bertz CT molecular complexity index is 1100. The number of amides is 1. The number of nitro benzene ring substituents is 1. The number of halogens is 3. The van der Waals surface area contributed by atoms with Crippen molar-refractivity contribution in [1.82, 2.24) is 10.4 Å². The SMILES string of the molecule is O=C(NN=Cc1ccc(-c2cc([N+](=O)[O-])c(Cl)cc2Cl)o1)c1cccnc1Cl. The second-order valence-electron chi connectivity index (χ2n) is 5.28. The maximum absolute atomic E-state index is 12.0. The van der Waals surface area contributed by atoms with E-state index in [-0.39, 0.29) is 38.0 Å². The average molecular weight is 440 g/mol. The molecule has 0 aliphatic heterocycles. The Kier molecular flexibility index (Phi) is 5.93. The first-order chi connectivity index (χ1) is 13.4. The van der Waals surface area contributed by atoms with Crippen LogP contribution in [0.15, 0.2) is 52.1 Å². The molecule has 0 saturated heterocycles. The molecule has 0 unspecified atom stereocenters. The number of hydrogen-bond acceptors (Lipinski definition) is 6. The molecule has 8 nitrogen and oxygen atoms in total. The van der Waals surface area contributed by atoms with Gasteiger partial charge in [-0.25, -0.2) is 10.4 Å². The molecule has 3 rings (SSSR count). The molecule has 0 aliphatic rings. The number of nitro groups is 1. The molecular formula is C17H9Cl3N4O4. The smallest absolute Gasteiger partial charge is 0.288 e. The number of rotatable bonds is 5. The van der Waals surface area contributed by atoms with Crippen LogP contribution in [0.4, 0.5) is 5.69 Å². The van der Waals surface area contributed by atoms with Crippen molar-refractivity contribution < 1.29 is 14.1 Å². The van der Waals surface area contributed by atoms with Gasteiger partial charge in [0.1, 0.15) is 21.7 Å². The van der Waals surface area contributed by atoms with Crippen molar-refractivity contribution in [3.63, 3.8) is 0 Å². The van der Waals surface area contributed by atoms with Gasteiger partial charge in [0, 0.05) is 17.8 Å². The third kappa shape index (κ3) is 4.30. The lowest BCUT2D eigenvalue weighted by molar-refractivity contribution is -0.384. The molecule has 2 heterocycles. The summed E-state index contributed by atoms with van der Waals surface area (Å²) in [5.74, 6) is 0.00611. The molecule has 2 aromatic heterocycles. The van der Waals surface area contributed by atoms with E-state index in [0.717, 1.165) is 0 Å². The van der Waals surface area contributed by atoms with Crippen LogP contribution in [0.25, 0.3) is 11.3 Å². The molecule has 0 atom stereocenters. The van der Waals surface area contributed by atoms with Crippen LogP contribution < -0.4 is 5.43 Å². The molecule has 28 heavy (non-hydrogen) atoms. The van der Waals surface area contributed by atoms with E-state index >= 15 is 0 Å². The molecule has 0 radical (unpaired) electrons. The Morgan fingerprint density at radius 2 is 2.00 bits per heavy atom. The van der Waals surface area contributed by atoms with Gasteiger partial charge in [0.25, 0.3) is 11.6 Å². The van der Waals surface area contributed by atoms with E-state index in [4.69, 9.17) is 39.2 Å². The molecule has 0 spiro atoms. The zero-order valence-corrected chi connectivity index (χ0v) is 16.0. The third-order valence-corrected chi connectivity index (χ3v) is 4.40. The minimum absolute atomic E-state index is 0.0504. The first-order valence-corrected chi connectivity index (χ1v) is 8.67. The van der Waals surface area contributed by atoms with E-state index in [9.17, 15) is 14.9 Å². The number of pyridine rings is 1. The number of hydrogen-bond donors (Lipinski definition) is 1. The summed E-state index contributed by atoms with van der Waals surface area (Å²) < 4.78 is 5.55. The van der Waals surface area contributed by atoms with Gasteiger partial charge >= 0.3 is 0 Å². The normalized spacial score (nSPS) is 11.0. The van der Waals surface area contributed by atoms with Gasteiger partial charge < -0.3 is 4.42 Å². The Hall–Kier alpha value is -2.94. The van der Waals surface area contributed by atoms with Gasteiger partial charge in [-0.15, -0.1) is 0 Å². The highest BCUT2D eigenvalue weighted by molar-refractivity contribution is 6.37. The van der Waals surface area contributed by atoms with Crippen LogP contribution in [0.1, 0.15) is 16.1 Å². The predicted octanol–water partition coefficient (Wildman–Crippen LogP) is 4.97. The minimum atomic E-state index is -0.618. The van der Waals surface area contributed by atoms with Crippen LogP contribution >= 0.6 is 34.8 Å². The monoisotopic (exact) mass is 438 g/mol. The highest BCUT2D eigenvalue weighted by Crippen LogP contribution is 2.37. The fraction of sp³-hybridized carbons (Fsp3) is 0. The first-order valence-electron chi connectivity index (χ1n) is 7.54. The van der Waals surface area contributed by atoms with Crippen LogP contribution in [0.5, 0.6) is 0 Å². The van der Waals surface area contributed by atoms with Crippen LogP contribution in [0.2, 0.25) is 15.2 Å². The lowest BCUT2D eigenvalue weighted by Gasteiger charge is -2.02. The maximum Gasteiger partial charge on any atom is 0.288 e. The van der Waals surface area contributed by atoms with Crippen molar-refractivity contribution in [3.8, 4) is 11.3 Å². The fourth-order valence-corrected chi connectivity index (χ4v) is 2.95. The molecule has 142 valence electrons. The molecule has 0 fully saturated rings. The lowest BCUT2D eigenvalue weighted by atomic mass is 10.1. The third-order valence-electron chi connectivity index (χ3n) is 3.49. The number of carbonyl (C=O) groups is 1. The van der Waals surface area contributed by atoms with E-state index in [1.54, 1.807) is 18.2 Å². The van der Waals surface area contributed by atoms with Crippen LogP contribution in [0.3, 0.4) is 0 Å². The van der Waals surface area contributed by atoms with Crippen molar-refractivity contribution in [3.05, 3.63) is 79.2 Å². The second-order valence-corrected chi connectivity index (χ2v) is 6.46. The number of nitrogens with zero attached hydrogens (tertiary/aromatic N) is 3. The Morgan fingerprint density at radius 3 is 2.71 bits per heavy atom. The summed E-state index contributed by atoms with van der Waals surface area (Å²) in [6, 6.07) is 8.67. The molecule has 1 N–H and O–H groups in total. The van der Waals surface area contributed by atoms with Crippen LogP contribution in [-0.2, 0) is 0 Å². The number of hydrazone groups is 1. The van der Waals surface area contributed by atoms with Crippen molar-refractivity contribution in [2.45, 2.75) is 0 Å². The molecule has 3 aromatic rings. The quantitative estimate of drug-likeness (QED) is 0.261. The zero-order chi connectivity index (χ0) is 20.3. The Labute approximate surface area is 172 Å². The van der Waals surface area contributed by atoms with Gasteiger partial charge in [-0.1, -0.05) is 34.8 Å². The second kappa shape index (κ2) is 8.39. The molecule has 0 bridgehead atoms. The van der Waals surface area contributed by atoms with Crippen LogP contribution in [-0.4, -0.2) is 22.0 Å². The molecule has 1 aromatic carbocycles. The number of furan rings is 1. The highest BCUT2D eigenvalue weighted by Gasteiger charge is 2.19. The molecule has 1 amide bonds. The largest absolute Gasteiger partial charge is 0.455 e. The molecule has 0 saturated carbocycles.